The van der Waals surface area contributed by atoms with Gasteiger partial charge in [-0.05, 0) is 17.7 Å². The first-order valence-electron chi connectivity index (χ1n) is 3.06. The minimum atomic E-state index is 0.697. The topological polar surface area (TPSA) is 12.4 Å². The minimum absolute atomic E-state index is 0.697. The quantitative estimate of drug-likeness (QED) is 0.373. The number of allylic oxidation sites excluding steroid dienone is 3. The van der Waals surface area contributed by atoms with Crippen LogP contribution in [0.15, 0.2) is 53.1 Å². The van der Waals surface area contributed by atoms with E-state index >= 15 is 0 Å². The summed E-state index contributed by atoms with van der Waals surface area (Å²) in [6.07, 6.45) is 5.14. The minimum Gasteiger partial charge on any atom is -0.264 e. The van der Waals surface area contributed by atoms with Crippen LogP contribution in [-0.2, 0) is 0 Å². The lowest BCUT2D eigenvalue weighted by Gasteiger charge is -1.97. The lowest BCUT2D eigenvalue weighted by molar-refractivity contribution is 1.38. The second kappa shape index (κ2) is 5.74. The van der Waals surface area contributed by atoms with Crippen molar-refractivity contribution >= 4 is 19.3 Å². The Hall–Kier alpha value is -1.02. The molecule has 0 aliphatic heterocycles. The molecule has 0 radical (unpaired) electrons. The fraction of sp³-hybridized carbons (Fsp3) is 0. The van der Waals surface area contributed by atoms with E-state index in [4.69, 9.17) is 0 Å². The van der Waals surface area contributed by atoms with Crippen molar-refractivity contribution in [3.05, 3.63) is 48.1 Å². The van der Waals surface area contributed by atoms with Crippen LogP contribution in [0.3, 0.4) is 0 Å². The highest BCUT2D eigenvalue weighted by Gasteiger charge is 1.94. The Morgan fingerprint density at radius 3 is 2.27 bits per heavy atom. The second-order valence-corrected chi connectivity index (χ2v) is 1.99. The van der Waals surface area contributed by atoms with Crippen molar-refractivity contribution in [1.82, 2.24) is 0 Å². The summed E-state index contributed by atoms with van der Waals surface area (Å²) in [6, 6.07) is 0. The summed E-state index contributed by atoms with van der Waals surface area (Å²) in [5.74, 6) is 0. The highest BCUT2D eigenvalue weighted by atomic mass is 32.1. The molecule has 0 saturated heterocycles. The van der Waals surface area contributed by atoms with Crippen LogP contribution in [0, 0.1) is 0 Å². The first-order valence-corrected chi connectivity index (χ1v) is 3.58. The van der Waals surface area contributed by atoms with Gasteiger partial charge >= 0.3 is 0 Å². The van der Waals surface area contributed by atoms with Gasteiger partial charge in [0.05, 0.1) is 5.70 Å². The van der Waals surface area contributed by atoms with E-state index in [0.29, 0.717) is 5.70 Å². The predicted molar refractivity (Wildman–Crippen MR) is 55.1 cm³/mol. The predicted octanol–water partition coefficient (Wildman–Crippen LogP) is 2.76. The lowest BCUT2D eigenvalue weighted by Crippen LogP contribution is -1.79. The first-order chi connectivity index (χ1) is 5.29. The van der Waals surface area contributed by atoms with Crippen LogP contribution in [0.2, 0.25) is 0 Å². The van der Waals surface area contributed by atoms with E-state index in [1.807, 2.05) is 0 Å². The van der Waals surface area contributed by atoms with E-state index in [9.17, 15) is 0 Å². The van der Waals surface area contributed by atoms with Crippen molar-refractivity contribution < 1.29 is 0 Å². The molecule has 0 aromatic rings. The molecule has 0 aliphatic rings. The van der Waals surface area contributed by atoms with Gasteiger partial charge in [0.2, 0.25) is 0 Å². The molecular weight excluding hydrogens is 154 g/mol. The molecule has 1 nitrogen and oxygen atoms in total. The normalized spacial score (nSPS) is 12.5. The molecule has 2 heteroatoms. The highest BCUT2D eigenvalue weighted by molar-refractivity contribution is 7.83. The molecule has 0 saturated carbocycles. The van der Waals surface area contributed by atoms with Gasteiger partial charge in [-0.15, -0.1) is 12.6 Å². The summed E-state index contributed by atoms with van der Waals surface area (Å²) in [7, 11) is 0. The molecule has 0 amide bonds. The number of nitrogens with zero attached hydrogens (tertiary/aromatic N) is 1. The molecule has 58 valence electrons. The third-order valence-corrected chi connectivity index (χ3v) is 1.35. The fourth-order valence-corrected chi connectivity index (χ4v) is 0.822. The third-order valence-electron chi connectivity index (χ3n) is 1.11. The zero-order chi connectivity index (χ0) is 8.69. The maximum absolute atomic E-state index is 3.96. The summed E-state index contributed by atoms with van der Waals surface area (Å²) in [4.78, 5) is 3.74. The van der Waals surface area contributed by atoms with Crippen molar-refractivity contribution in [2.45, 2.75) is 0 Å². The Morgan fingerprint density at radius 2 is 2.00 bits per heavy atom. The molecule has 0 bridgehead atoms. The Bertz CT molecular complexity index is 224. The van der Waals surface area contributed by atoms with Crippen molar-refractivity contribution in [1.29, 1.82) is 0 Å². The van der Waals surface area contributed by atoms with Gasteiger partial charge in [-0.3, -0.25) is 4.99 Å². The summed E-state index contributed by atoms with van der Waals surface area (Å²) < 4.78 is 0. The molecule has 0 spiro atoms. The van der Waals surface area contributed by atoms with Crippen LogP contribution in [0.5, 0.6) is 0 Å². The molecule has 0 aromatic heterocycles. The number of aliphatic imine (C=N–C) groups is 1. The van der Waals surface area contributed by atoms with Gasteiger partial charge in [-0.1, -0.05) is 31.4 Å². The number of hydrogen-bond acceptors (Lipinski definition) is 2. The number of rotatable bonds is 4. The summed E-state index contributed by atoms with van der Waals surface area (Å²) >= 11 is 3.96. The lowest BCUT2D eigenvalue weighted by atomic mass is 10.2. The van der Waals surface area contributed by atoms with Crippen molar-refractivity contribution in [2.24, 2.45) is 4.99 Å². The van der Waals surface area contributed by atoms with Crippen molar-refractivity contribution in [3.8, 4) is 0 Å². The smallest absolute Gasteiger partial charge is 0.0754 e. The summed E-state index contributed by atoms with van der Waals surface area (Å²) in [5, 5.41) is 1.57. The molecule has 0 aliphatic carbocycles. The van der Waals surface area contributed by atoms with Crippen LogP contribution in [0.25, 0.3) is 0 Å². The van der Waals surface area contributed by atoms with Crippen LogP contribution < -0.4 is 0 Å². The zero-order valence-corrected chi connectivity index (χ0v) is 7.22. The third kappa shape index (κ3) is 3.05. The van der Waals surface area contributed by atoms with E-state index in [1.54, 1.807) is 23.6 Å². The van der Waals surface area contributed by atoms with E-state index < -0.39 is 0 Å². The SMILES string of the molecule is C=C/C=C(C=C)\C(=C/S)N=C. The van der Waals surface area contributed by atoms with Gasteiger partial charge in [0.25, 0.3) is 0 Å². The Balaban J connectivity index is 4.75. The van der Waals surface area contributed by atoms with E-state index in [1.165, 1.54) is 0 Å². The largest absolute Gasteiger partial charge is 0.264 e. The van der Waals surface area contributed by atoms with Gasteiger partial charge in [-0.2, -0.15) is 0 Å². The van der Waals surface area contributed by atoms with Crippen LogP contribution in [0.4, 0.5) is 0 Å². The van der Waals surface area contributed by atoms with Gasteiger partial charge in [-0.25, -0.2) is 0 Å². The molecule has 0 unspecified atom stereocenters. The van der Waals surface area contributed by atoms with Crippen molar-refractivity contribution in [3.63, 3.8) is 0 Å². The fourth-order valence-electron chi connectivity index (χ4n) is 0.592. The molecular formula is C9H11NS. The van der Waals surface area contributed by atoms with Crippen molar-refractivity contribution in [2.75, 3.05) is 0 Å². The molecule has 0 rings (SSSR count). The molecule has 0 aromatic carbocycles. The van der Waals surface area contributed by atoms with Crippen LogP contribution in [0.1, 0.15) is 0 Å². The zero-order valence-electron chi connectivity index (χ0n) is 6.33. The van der Waals surface area contributed by atoms with E-state index in [2.05, 4.69) is 37.5 Å². The first kappa shape index (κ1) is 9.98. The average Bonchev–Trinajstić information content (AvgIpc) is 2.05. The Labute approximate surface area is 73.0 Å². The van der Waals surface area contributed by atoms with Crippen LogP contribution >= 0.6 is 12.6 Å². The summed E-state index contributed by atoms with van der Waals surface area (Å²) in [5.41, 5.74) is 1.56. The van der Waals surface area contributed by atoms with Gasteiger partial charge in [0.15, 0.2) is 0 Å². The molecule has 0 N–H and O–H groups in total. The maximum Gasteiger partial charge on any atom is 0.0754 e. The standard InChI is InChI=1S/C9H11NS/c1-4-6-8(5-2)9(7-11)10-3/h4-7,11H,1-3H2/b8-6-,9-7+. The Kier molecular flexibility index (Phi) is 5.21. The highest BCUT2D eigenvalue weighted by Crippen LogP contribution is 2.12. The maximum atomic E-state index is 3.96. The number of hydrogen-bond donors (Lipinski definition) is 1. The molecule has 0 heterocycles. The molecule has 0 atom stereocenters. The Morgan fingerprint density at radius 1 is 1.36 bits per heavy atom. The van der Waals surface area contributed by atoms with Gasteiger partial charge < -0.3 is 0 Å². The number of thiol groups is 1. The average molecular weight is 165 g/mol. The van der Waals surface area contributed by atoms with Crippen LogP contribution in [-0.4, -0.2) is 6.72 Å². The summed E-state index contributed by atoms with van der Waals surface area (Å²) in [6.45, 7) is 10.6. The van der Waals surface area contributed by atoms with Gasteiger partial charge in [0, 0.05) is 0 Å². The van der Waals surface area contributed by atoms with E-state index in [-0.39, 0.29) is 0 Å². The second-order valence-electron chi connectivity index (χ2n) is 1.73. The molecule has 0 fully saturated rings. The van der Waals surface area contributed by atoms with Gasteiger partial charge in [0.1, 0.15) is 0 Å². The molecule has 11 heavy (non-hydrogen) atoms. The van der Waals surface area contributed by atoms with E-state index in [0.717, 1.165) is 5.57 Å². The monoisotopic (exact) mass is 165 g/mol.